The van der Waals surface area contributed by atoms with E-state index in [2.05, 4.69) is 10.4 Å². The molecule has 0 aliphatic heterocycles. The summed E-state index contributed by atoms with van der Waals surface area (Å²) in [6.45, 7) is 2.73. The van der Waals surface area contributed by atoms with Crippen molar-refractivity contribution >= 4 is 11.3 Å². The van der Waals surface area contributed by atoms with Gasteiger partial charge >= 0.3 is 0 Å². The van der Waals surface area contributed by atoms with Gasteiger partial charge in [0.2, 0.25) is 0 Å². The van der Waals surface area contributed by atoms with Crippen LogP contribution >= 0.6 is 11.3 Å². The molecule has 0 unspecified atom stereocenters. The average molecular weight is 197 g/mol. The molecule has 72 valence electrons. The maximum atomic E-state index is 5.75. The molecule has 1 fully saturated rings. The molecule has 1 aliphatic rings. The summed E-state index contributed by atoms with van der Waals surface area (Å²) in [6.07, 6.45) is 5.65. The number of rotatable bonds is 3. The lowest BCUT2D eigenvalue weighted by molar-refractivity contribution is 0.0440. The van der Waals surface area contributed by atoms with E-state index in [0.717, 1.165) is 10.7 Å². The van der Waals surface area contributed by atoms with Crippen molar-refractivity contribution in [3.8, 4) is 0 Å². The summed E-state index contributed by atoms with van der Waals surface area (Å²) < 4.78 is 5.75. The highest BCUT2D eigenvalue weighted by atomic mass is 32.1. The Morgan fingerprint density at radius 1 is 1.54 bits per heavy atom. The molecule has 0 atom stereocenters. The SMILES string of the molecule is Cc1nc(COC2CCCC2)cs1. The maximum absolute atomic E-state index is 5.75. The van der Waals surface area contributed by atoms with E-state index in [9.17, 15) is 0 Å². The first-order valence-corrected chi connectivity index (χ1v) is 5.75. The molecule has 2 rings (SSSR count). The smallest absolute Gasteiger partial charge is 0.0900 e. The molecule has 0 bridgehead atoms. The number of aromatic nitrogens is 1. The number of aryl methyl sites for hydroxylation is 1. The average Bonchev–Trinajstić information content (AvgIpc) is 2.71. The normalized spacial score (nSPS) is 18.2. The zero-order valence-corrected chi connectivity index (χ0v) is 8.77. The van der Waals surface area contributed by atoms with Crippen molar-refractivity contribution in [1.29, 1.82) is 0 Å². The van der Waals surface area contributed by atoms with Gasteiger partial charge < -0.3 is 4.74 Å². The Morgan fingerprint density at radius 2 is 2.31 bits per heavy atom. The third kappa shape index (κ3) is 2.51. The highest BCUT2D eigenvalue weighted by Gasteiger charge is 2.15. The third-order valence-corrected chi connectivity index (χ3v) is 3.26. The van der Waals surface area contributed by atoms with Gasteiger partial charge in [-0.15, -0.1) is 11.3 Å². The van der Waals surface area contributed by atoms with Crippen molar-refractivity contribution in [2.24, 2.45) is 0 Å². The van der Waals surface area contributed by atoms with Crippen molar-refractivity contribution in [3.05, 3.63) is 16.1 Å². The van der Waals surface area contributed by atoms with E-state index in [4.69, 9.17) is 4.74 Å². The number of hydrogen-bond donors (Lipinski definition) is 0. The number of hydrogen-bond acceptors (Lipinski definition) is 3. The Morgan fingerprint density at radius 3 is 2.92 bits per heavy atom. The highest BCUT2D eigenvalue weighted by molar-refractivity contribution is 7.09. The standard InChI is InChI=1S/C10H15NOS/c1-8-11-9(7-13-8)6-12-10-4-2-3-5-10/h7,10H,2-6H2,1H3. The second-order valence-corrected chi connectivity index (χ2v) is 4.64. The summed E-state index contributed by atoms with van der Waals surface area (Å²) in [5, 5.41) is 3.22. The molecule has 0 spiro atoms. The maximum Gasteiger partial charge on any atom is 0.0900 e. The van der Waals surface area contributed by atoms with Crippen LogP contribution in [-0.4, -0.2) is 11.1 Å². The summed E-state index contributed by atoms with van der Waals surface area (Å²) in [5.41, 5.74) is 1.09. The summed E-state index contributed by atoms with van der Waals surface area (Å²) in [6, 6.07) is 0. The fraction of sp³-hybridized carbons (Fsp3) is 0.700. The van der Waals surface area contributed by atoms with Gasteiger partial charge in [-0.25, -0.2) is 4.98 Å². The van der Waals surface area contributed by atoms with Gasteiger partial charge in [0.1, 0.15) is 0 Å². The van der Waals surface area contributed by atoms with Crippen LogP contribution in [0.4, 0.5) is 0 Å². The Bertz CT molecular complexity index is 266. The van der Waals surface area contributed by atoms with Crippen molar-refractivity contribution in [3.63, 3.8) is 0 Å². The third-order valence-electron chi connectivity index (χ3n) is 2.44. The largest absolute Gasteiger partial charge is 0.372 e. The van der Waals surface area contributed by atoms with Crippen molar-refractivity contribution in [2.75, 3.05) is 0 Å². The molecule has 0 radical (unpaired) electrons. The van der Waals surface area contributed by atoms with Gasteiger partial charge in [-0.2, -0.15) is 0 Å². The van der Waals surface area contributed by atoms with E-state index in [1.165, 1.54) is 25.7 Å². The molecular weight excluding hydrogens is 182 g/mol. The zero-order valence-electron chi connectivity index (χ0n) is 7.95. The molecule has 0 N–H and O–H groups in total. The summed E-state index contributed by atoms with van der Waals surface area (Å²) in [7, 11) is 0. The first-order valence-electron chi connectivity index (χ1n) is 4.87. The topological polar surface area (TPSA) is 22.1 Å². The predicted molar refractivity (Wildman–Crippen MR) is 53.9 cm³/mol. The van der Waals surface area contributed by atoms with Crippen molar-refractivity contribution in [1.82, 2.24) is 4.98 Å². The minimum atomic E-state index is 0.502. The van der Waals surface area contributed by atoms with Crippen LogP contribution < -0.4 is 0 Å². The number of nitrogens with zero attached hydrogens (tertiary/aromatic N) is 1. The van der Waals surface area contributed by atoms with E-state index in [-0.39, 0.29) is 0 Å². The summed E-state index contributed by atoms with van der Waals surface area (Å²) >= 11 is 1.70. The van der Waals surface area contributed by atoms with Crippen LogP contribution in [0.1, 0.15) is 36.4 Å². The Balaban J connectivity index is 1.78. The Labute approximate surface area is 83.0 Å². The first kappa shape index (κ1) is 9.16. The second kappa shape index (κ2) is 4.20. The Hall–Kier alpha value is -0.410. The molecule has 1 saturated carbocycles. The van der Waals surface area contributed by atoms with E-state index in [0.29, 0.717) is 12.7 Å². The van der Waals surface area contributed by atoms with E-state index in [1.54, 1.807) is 11.3 Å². The van der Waals surface area contributed by atoms with Gasteiger partial charge in [0.15, 0.2) is 0 Å². The fourth-order valence-corrected chi connectivity index (χ4v) is 2.33. The van der Waals surface area contributed by atoms with Gasteiger partial charge in [0.05, 0.1) is 23.4 Å². The molecule has 3 heteroatoms. The lowest BCUT2D eigenvalue weighted by Gasteiger charge is -2.08. The predicted octanol–water partition coefficient (Wildman–Crippen LogP) is 2.91. The van der Waals surface area contributed by atoms with Crippen LogP contribution in [0.25, 0.3) is 0 Å². The van der Waals surface area contributed by atoms with Crippen LogP contribution in [-0.2, 0) is 11.3 Å². The molecule has 0 aromatic carbocycles. The van der Waals surface area contributed by atoms with E-state index in [1.807, 2.05) is 6.92 Å². The van der Waals surface area contributed by atoms with Crippen LogP contribution in [0.5, 0.6) is 0 Å². The quantitative estimate of drug-likeness (QED) is 0.743. The van der Waals surface area contributed by atoms with E-state index < -0.39 is 0 Å². The van der Waals surface area contributed by atoms with Crippen molar-refractivity contribution in [2.45, 2.75) is 45.3 Å². The van der Waals surface area contributed by atoms with Gasteiger partial charge in [-0.1, -0.05) is 12.8 Å². The van der Waals surface area contributed by atoms with Crippen LogP contribution in [0, 0.1) is 6.92 Å². The molecule has 1 aromatic rings. The summed E-state index contributed by atoms with van der Waals surface area (Å²) in [4.78, 5) is 4.37. The number of thiazole rings is 1. The zero-order chi connectivity index (χ0) is 9.10. The first-order chi connectivity index (χ1) is 6.34. The molecule has 2 nitrogen and oxygen atoms in total. The second-order valence-electron chi connectivity index (χ2n) is 3.58. The molecule has 1 aliphatic carbocycles. The van der Waals surface area contributed by atoms with Gasteiger partial charge in [-0.05, 0) is 19.8 Å². The molecular formula is C10H15NOS. The monoisotopic (exact) mass is 197 g/mol. The Kier molecular flexibility index (Phi) is 2.96. The number of ether oxygens (including phenoxy) is 1. The molecule has 0 saturated heterocycles. The van der Waals surface area contributed by atoms with E-state index >= 15 is 0 Å². The molecule has 1 aromatic heterocycles. The highest BCUT2D eigenvalue weighted by Crippen LogP contribution is 2.22. The van der Waals surface area contributed by atoms with Crippen molar-refractivity contribution < 1.29 is 4.74 Å². The molecule has 1 heterocycles. The van der Waals surface area contributed by atoms with Crippen LogP contribution in [0.2, 0.25) is 0 Å². The molecule has 0 amide bonds. The molecule has 13 heavy (non-hydrogen) atoms. The lowest BCUT2D eigenvalue weighted by Crippen LogP contribution is -2.07. The van der Waals surface area contributed by atoms with Gasteiger partial charge in [-0.3, -0.25) is 0 Å². The van der Waals surface area contributed by atoms with Gasteiger partial charge in [0, 0.05) is 5.38 Å². The van der Waals surface area contributed by atoms with Crippen LogP contribution in [0.15, 0.2) is 5.38 Å². The van der Waals surface area contributed by atoms with Crippen LogP contribution in [0.3, 0.4) is 0 Å². The summed E-state index contributed by atoms with van der Waals surface area (Å²) in [5.74, 6) is 0. The minimum Gasteiger partial charge on any atom is -0.372 e. The minimum absolute atomic E-state index is 0.502. The van der Waals surface area contributed by atoms with Gasteiger partial charge in [0.25, 0.3) is 0 Å². The fourth-order valence-electron chi connectivity index (χ4n) is 1.73. The lowest BCUT2D eigenvalue weighted by atomic mass is 10.3.